The molecule has 1 rings (SSSR count). The van der Waals surface area contributed by atoms with Gasteiger partial charge in [-0.3, -0.25) is 0 Å². The largest absolute Gasteiger partial charge is 0.491 e. The molecule has 0 saturated carbocycles. The van der Waals surface area contributed by atoms with E-state index in [1.54, 1.807) is 18.2 Å². The van der Waals surface area contributed by atoms with E-state index in [1.807, 2.05) is 6.07 Å². The minimum atomic E-state index is -4.34. The van der Waals surface area contributed by atoms with Gasteiger partial charge >= 0.3 is 6.18 Å². The fourth-order valence-electron chi connectivity index (χ4n) is 1.28. The average molecular weight is 263 g/mol. The highest BCUT2D eigenvalue weighted by molar-refractivity contribution is 5.32. The highest BCUT2D eigenvalue weighted by Gasteiger charge is 2.36. The quantitative estimate of drug-likeness (QED) is 0.802. The molecule has 0 aliphatic heterocycles. The van der Waals surface area contributed by atoms with E-state index in [4.69, 9.17) is 10.5 Å². The number of hydrogen-bond acceptors (Lipinski definition) is 3. The van der Waals surface area contributed by atoms with Crippen LogP contribution in [0.3, 0.4) is 0 Å². The molecule has 0 fully saturated rings. The molecule has 1 aromatic rings. The maximum absolute atomic E-state index is 12.1. The van der Waals surface area contributed by atoms with Gasteiger partial charge in [0.15, 0.2) is 6.10 Å². The van der Waals surface area contributed by atoms with Gasteiger partial charge in [-0.15, -0.1) is 0 Å². The van der Waals surface area contributed by atoms with Crippen molar-refractivity contribution in [2.24, 2.45) is 5.73 Å². The molecule has 0 aliphatic carbocycles. The van der Waals surface area contributed by atoms with Crippen LogP contribution in [-0.4, -0.2) is 25.5 Å². The first-order chi connectivity index (χ1) is 8.45. The summed E-state index contributed by atoms with van der Waals surface area (Å²) in [6, 6.07) is 7.11. The predicted octanol–water partition coefficient (Wildman–Crippen LogP) is 2.49. The molecule has 0 heterocycles. The number of para-hydroxylation sites is 1. The van der Waals surface area contributed by atoms with Gasteiger partial charge in [0.25, 0.3) is 0 Å². The summed E-state index contributed by atoms with van der Waals surface area (Å²) in [5.74, 6) is 0.572. The maximum Gasteiger partial charge on any atom is 0.414 e. The van der Waals surface area contributed by atoms with Crippen LogP contribution in [0.5, 0.6) is 5.75 Å². The summed E-state index contributed by atoms with van der Waals surface area (Å²) in [6.45, 7) is 1.21. The zero-order valence-electron chi connectivity index (χ0n) is 10.0. The predicted molar refractivity (Wildman–Crippen MR) is 61.3 cm³/mol. The van der Waals surface area contributed by atoms with Gasteiger partial charge in [0.2, 0.25) is 0 Å². The lowest BCUT2D eigenvalue weighted by atomic mass is 10.2. The Kier molecular flexibility index (Phi) is 5.43. The van der Waals surface area contributed by atoms with Crippen molar-refractivity contribution in [2.45, 2.75) is 25.7 Å². The minimum Gasteiger partial charge on any atom is -0.491 e. The molecule has 2 N–H and O–H groups in total. The first kappa shape index (κ1) is 14.8. The summed E-state index contributed by atoms with van der Waals surface area (Å²) in [4.78, 5) is 0. The summed E-state index contributed by atoms with van der Waals surface area (Å²) < 4.78 is 46.3. The number of ether oxygens (including phenoxy) is 2. The summed E-state index contributed by atoms with van der Waals surface area (Å²) in [6.07, 6.45) is -6.12. The third kappa shape index (κ3) is 4.54. The summed E-state index contributed by atoms with van der Waals surface area (Å²) in [5.41, 5.74) is 6.31. The van der Waals surface area contributed by atoms with Crippen LogP contribution in [0, 0.1) is 0 Å². The first-order valence-electron chi connectivity index (χ1n) is 5.54. The monoisotopic (exact) mass is 263 g/mol. The van der Waals surface area contributed by atoms with Crippen molar-refractivity contribution >= 4 is 0 Å². The summed E-state index contributed by atoms with van der Waals surface area (Å²) in [7, 11) is 0. The normalized spacial score (nSPS) is 13.4. The van der Waals surface area contributed by atoms with E-state index in [9.17, 15) is 13.2 Å². The highest BCUT2D eigenvalue weighted by Crippen LogP contribution is 2.22. The number of nitrogens with two attached hydrogens (primary N) is 1. The number of hydrogen-bond donors (Lipinski definition) is 1. The lowest BCUT2D eigenvalue weighted by molar-refractivity contribution is -0.215. The van der Waals surface area contributed by atoms with Gasteiger partial charge in [0.05, 0.1) is 6.61 Å². The van der Waals surface area contributed by atoms with E-state index in [0.717, 1.165) is 12.5 Å². The Morgan fingerprint density at radius 2 is 1.89 bits per heavy atom. The molecule has 102 valence electrons. The molecule has 0 radical (unpaired) electrons. The van der Waals surface area contributed by atoms with Crippen molar-refractivity contribution in [3.63, 3.8) is 0 Å². The molecule has 6 heteroatoms. The zero-order chi connectivity index (χ0) is 13.6. The van der Waals surface area contributed by atoms with E-state index >= 15 is 0 Å². The molecule has 1 aromatic carbocycles. The Morgan fingerprint density at radius 1 is 1.22 bits per heavy atom. The molecule has 0 bridgehead atoms. The fraction of sp³-hybridized carbons (Fsp3) is 0.500. The van der Waals surface area contributed by atoms with Crippen LogP contribution in [0.25, 0.3) is 0 Å². The smallest absolute Gasteiger partial charge is 0.414 e. The van der Waals surface area contributed by atoms with E-state index < -0.39 is 12.3 Å². The molecular weight excluding hydrogens is 247 g/mol. The van der Waals surface area contributed by atoms with Crippen molar-refractivity contribution in [3.05, 3.63) is 29.8 Å². The molecule has 1 atom stereocenters. The number of halogens is 3. The van der Waals surface area contributed by atoms with E-state index in [-0.39, 0.29) is 13.2 Å². The molecule has 0 spiro atoms. The van der Waals surface area contributed by atoms with Crippen LogP contribution in [0.1, 0.15) is 12.5 Å². The van der Waals surface area contributed by atoms with Gasteiger partial charge in [-0.25, -0.2) is 0 Å². The fourth-order valence-corrected chi connectivity index (χ4v) is 1.28. The molecule has 1 unspecified atom stereocenters. The van der Waals surface area contributed by atoms with E-state index in [1.165, 1.54) is 0 Å². The van der Waals surface area contributed by atoms with Gasteiger partial charge in [0.1, 0.15) is 12.4 Å². The van der Waals surface area contributed by atoms with Crippen molar-refractivity contribution in [2.75, 3.05) is 13.2 Å². The van der Waals surface area contributed by atoms with Gasteiger partial charge in [-0.2, -0.15) is 13.2 Å². The van der Waals surface area contributed by atoms with Crippen molar-refractivity contribution in [1.29, 1.82) is 0 Å². The Bertz CT molecular complexity index is 369. The second-order valence-electron chi connectivity index (χ2n) is 3.71. The van der Waals surface area contributed by atoms with Gasteiger partial charge in [0, 0.05) is 12.1 Å². The zero-order valence-corrected chi connectivity index (χ0v) is 10.0. The van der Waals surface area contributed by atoms with Crippen LogP contribution >= 0.6 is 0 Å². The third-order valence-electron chi connectivity index (χ3n) is 2.36. The van der Waals surface area contributed by atoms with Crippen LogP contribution in [0.2, 0.25) is 0 Å². The number of alkyl halides is 3. The summed E-state index contributed by atoms with van der Waals surface area (Å²) in [5, 5.41) is 0. The van der Waals surface area contributed by atoms with Crippen LogP contribution in [0.4, 0.5) is 13.2 Å². The standard InChI is InChI=1S/C12H16F3NO2/c1-9(12(13,14)15)17-6-7-18-11-5-3-2-4-10(11)8-16/h2-5,9H,6-8,16H2,1H3. The van der Waals surface area contributed by atoms with Crippen LogP contribution in [-0.2, 0) is 11.3 Å². The molecule has 0 aromatic heterocycles. The Balaban J connectivity index is 2.34. The molecule has 0 saturated heterocycles. The SMILES string of the molecule is CC(OCCOc1ccccc1CN)C(F)(F)F. The molecule has 0 aliphatic rings. The Hall–Kier alpha value is -1.27. The Labute approximate surface area is 104 Å². The highest BCUT2D eigenvalue weighted by atomic mass is 19.4. The topological polar surface area (TPSA) is 44.5 Å². The van der Waals surface area contributed by atoms with Gasteiger partial charge in [-0.1, -0.05) is 18.2 Å². The van der Waals surface area contributed by atoms with Crippen molar-refractivity contribution in [1.82, 2.24) is 0 Å². The average Bonchev–Trinajstić information content (AvgIpc) is 2.33. The van der Waals surface area contributed by atoms with E-state index in [0.29, 0.717) is 12.3 Å². The summed E-state index contributed by atoms with van der Waals surface area (Å²) >= 11 is 0. The molecule has 3 nitrogen and oxygen atoms in total. The second-order valence-corrected chi connectivity index (χ2v) is 3.71. The van der Waals surface area contributed by atoms with Crippen molar-refractivity contribution in [3.8, 4) is 5.75 Å². The third-order valence-corrected chi connectivity index (χ3v) is 2.36. The van der Waals surface area contributed by atoms with Crippen LogP contribution < -0.4 is 10.5 Å². The Morgan fingerprint density at radius 3 is 2.50 bits per heavy atom. The maximum atomic E-state index is 12.1. The number of benzene rings is 1. The minimum absolute atomic E-state index is 0.0530. The molecule has 18 heavy (non-hydrogen) atoms. The lowest BCUT2D eigenvalue weighted by Crippen LogP contribution is -2.30. The van der Waals surface area contributed by atoms with Gasteiger partial charge in [-0.05, 0) is 13.0 Å². The lowest BCUT2D eigenvalue weighted by Gasteiger charge is -2.17. The van der Waals surface area contributed by atoms with E-state index in [2.05, 4.69) is 4.74 Å². The van der Waals surface area contributed by atoms with Crippen LogP contribution in [0.15, 0.2) is 24.3 Å². The second kappa shape index (κ2) is 6.61. The molecular formula is C12H16F3NO2. The molecule has 0 amide bonds. The number of rotatable bonds is 6. The first-order valence-corrected chi connectivity index (χ1v) is 5.54. The van der Waals surface area contributed by atoms with Crippen molar-refractivity contribution < 1.29 is 22.6 Å². The van der Waals surface area contributed by atoms with Gasteiger partial charge < -0.3 is 15.2 Å².